The second kappa shape index (κ2) is 7.41. The van der Waals surface area contributed by atoms with Crippen LogP contribution in [0.2, 0.25) is 0 Å². The van der Waals surface area contributed by atoms with Crippen LogP contribution in [0.5, 0.6) is 0 Å². The van der Waals surface area contributed by atoms with Gasteiger partial charge in [-0.05, 0) is 56.0 Å². The fraction of sp³-hybridized carbons (Fsp3) is 0.500. The van der Waals surface area contributed by atoms with Gasteiger partial charge in [0.15, 0.2) is 0 Å². The molecule has 0 aliphatic carbocycles. The van der Waals surface area contributed by atoms with E-state index in [1.165, 1.54) is 16.7 Å². The zero-order valence-corrected chi connectivity index (χ0v) is 13.7. The molecule has 0 aliphatic heterocycles. The average molecular weight is 285 g/mol. The summed E-state index contributed by atoms with van der Waals surface area (Å²) in [5.74, 6) is 0. The van der Waals surface area contributed by atoms with Crippen molar-refractivity contribution in [2.24, 2.45) is 7.05 Å². The molecular formula is C18H27N3. The van der Waals surface area contributed by atoms with E-state index in [1.54, 1.807) is 0 Å². The summed E-state index contributed by atoms with van der Waals surface area (Å²) in [6.45, 7) is 7.62. The molecule has 0 radical (unpaired) electrons. The van der Waals surface area contributed by atoms with Crippen molar-refractivity contribution in [1.29, 1.82) is 0 Å². The lowest BCUT2D eigenvalue weighted by atomic mass is 9.98. The van der Waals surface area contributed by atoms with E-state index in [-0.39, 0.29) is 0 Å². The van der Waals surface area contributed by atoms with Crippen LogP contribution in [-0.2, 0) is 19.9 Å². The van der Waals surface area contributed by atoms with E-state index < -0.39 is 0 Å². The van der Waals surface area contributed by atoms with Crippen LogP contribution >= 0.6 is 0 Å². The molecule has 1 unspecified atom stereocenters. The quantitative estimate of drug-likeness (QED) is 0.846. The maximum absolute atomic E-state index is 4.51. The Bertz CT molecular complexity index is 572. The molecule has 0 amide bonds. The highest BCUT2D eigenvalue weighted by atomic mass is 15.2. The molecule has 114 valence electrons. The molecule has 1 atom stereocenters. The molecule has 1 aromatic carbocycles. The Kier molecular flexibility index (Phi) is 5.57. The van der Waals surface area contributed by atoms with Crippen molar-refractivity contribution in [3.05, 3.63) is 52.8 Å². The Morgan fingerprint density at radius 1 is 1.14 bits per heavy atom. The fourth-order valence-electron chi connectivity index (χ4n) is 2.60. The Hall–Kier alpha value is -1.61. The highest BCUT2D eigenvalue weighted by molar-refractivity contribution is 5.30. The Morgan fingerprint density at radius 3 is 2.57 bits per heavy atom. The number of nitrogens with one attached hydrogen (secondary N) is 1. The van der Waals surface area contributed by atoms with Crippen molar-refractivity contribution in [2.45, 2.75) is 46.1 Å². The first-order chi connectivity index (χ1) is 10.1. The van der Waals surface area contributed by atoms with Gasteiger partial charge in [-0.15, -0.1) is 0 Å². The zero-order valence-electron chi connectivity index (χ0n) is 13.7. The Balaban J connectivity index is 2.06. The topological polar surface area (TPSA) is 29.9 Å². The standard InChI is InChI=1S/C18H27N3/c1-5-9-19-18(13-17-8-10-21(4)20-17)12-16-7-6-14(2)15(3)11-16/h6-8,10-11,18-19H,5,9,12-13H2,1-4H3. The van der Waals surface area contributed by atoms with Crippen LogP contribution in [0.3, 0.4) is 0 Å². The van der Waals surface area contributed by atoms with E-state index in [1.807, 2.05) is 17.9 Å². The van der Waals surface area contributed by atoms with Gasteiger partial charge in [0.05, 0.1) is 5.69 Å². The van der Waals surface area contributed by atoms with Gasteiger partial charge in [-0.25, -0.2) is 0 Å². The minimum Gasteiger partial charge on any atom is -0.313 e. The molecule has 0 aliphatic rings. The molecular weight excluding hydrogens is 258 g/mol. The molecule has 1 heterocycles. The summed E-state index contributed by atoms with van der Waals surface area (Å²) < 4.78 is 1.88. The normalized spacial score (nSPS) is 12.6. The monoisotopic (exact) mass is 285 g/mol. The summed E-state index contributed by atoms with van der Waals surface area (Å²) >= 11 is 0. The first kappa shape index (κ1) is 15.8. The Labute approximate surface area is 128 Å². The third-order valence-corrected chi connectivity index (χ3v) is 3.96. The van der Waals surface area contributed by atoms with Gasteiger partial charge in [-0.1, -0.05) is 25.1 Å². The number of rotatable bonds is 7. The summed E-state index contributed by atoms with van der Waals surface area (Å²) in [6, 6.07) is 9.35. The van der Waals surface area contributed by atoms with E-state index in [0.29, 0.717) is 6.04 Å². The van der Waals surface area contributed by atoms with Gasteiger partial charge in [0.1, 0.15) is 0 Å². The zero-order chi connectivity index (χ0) is 15.2. The van der Waals surface area contributed by atoms with Gasteiger partial charge in [-0.3, -0.25) is 4.68 Å². The second-order valence-corrected chi connectivity index (χ2v) is 5.96. The maximum Gasteiger partial charge on any atom is 0.0640 e. The lowest BCUT2D eigenvalue weighted by Gasteiger charge is -2.18. The lowest BCUT2D eigenvalue weighted by Crippen LogP contribution is -2.34. The molecule has 3 heteroatoms. The number of aryl methyl sites for hydroxylation is 3. The highest BCUT2D eigenvalue weighted by Gasteiger charge is 2.12. The smallest absolute Gasteiger partial charge is 0.0640 e. The molecule has 3 nitrogen and oxygen atoms in total. The molecule has 1 N–H and O–H groups in total. The van der Waals surface area contributed by atoms with Crippen LogP contribution in [0.25, 0.3) is 0 Å². The molecule has 0 fully saturated rings. The number of nitrogens with zero attached hydrogens (tertiary/aromatic N) is 2. The number of aromatic nitrogens is 2. The third kappa shape index (κ3) is 4.71. The largest absolute Gasteiger partial charge is 0.313 e. The van der Waals surface area contributed by atoms with Crippen molar-refractivity contribution in [1.82, 2.24) is 15.1 Å². The summed E-state index contributed by atoms with van der Waals surface area (Å²) in [5, 5.41) is 8.17. The molecule has 21 heavy (non-hydrogen) atoms. The van der Waals surface area contributed by atoms with Gasteiger partial charge >= 0.3 is 0 Å². The van der Waals surface area contributed by atoms with Crippen molar-refractivity contribution in [3.8, 4) is 0 Å². The minimum absolute atomic E-state index is 0.446. The van der Waals surface area contributed by atoms with Gasteiger partial charge in [-0.2, -0.15) is 5.10 Å². The first-order valence-electron chi connectivity index (χ1n) is 7.86. The third-order valence-electron chi connectivity index (χ3n) is 3.96. The van der Waals surface area contributed by atoms with Crippen LogP contribution in [-0.4, -0.2) is 22.4 Å². The molecule has 0 saturated carbocycles. The average Bonchev–Trinajstić information content (AvgIpc) is 2.85. The fourth-order valence-corrected chi connectivity index (χ4v) is 2.60. The van der Waals surface area contributed by atoms with Crippen molar-refractivity contribution >= 4 is 0 Å². The minimum atomic E-state index is 0.446. The first-order valence-corrected chi connectivity index (χ1v) is 7.86. The van der Waals surface area contributed by atoms with E-state index in [9.17, 15) is 0 Å². The SMILES string of the molecule is CCCNC(Cc1ccc(C)c(C)c1)Cc1ccn(C)n1. The molecule has 0 saturated heterocycles. The predicted molar refractivity (Wildman–Crippen MR) is 88.6 cm³/mol. The van der Waals surface area contributed by atoms with Gasteiger partial charge in [0.2, 0.25) is 0 Å². The van der Waals surface area contributed by atoms with Gasteiger partial charge < -0.3 is 5.32 Å². The van der Waals surface area contributed by atoms with Crippen LogP contribution < -0.4 is 5.32 Å². The van der Waals surface area contributed by atoms with Crippen LogP contribution in [0, 0.1) is 13.8 Å². The van der Waals surface area contributed by atoms with E-state index in [0.717, 1.165) is 31.5 Å². The molecule has 0 spiro atoms. The highest BCUT2D eigenvalue weighted by Crippen LogP contribution is 2.13. The number of hydrogen-bond donors (Lipinski definition) is 1. The summed E-state index contributed by atoms with van der Waals surface area (Å²) in [4.78, 5) is 0. The summed E-state index contributed by atoms with van der Waals surface area (Å²) in [5.41, 5.74) is 5.30. The van der Waals surface area contributed by atoms with Gasteiger partial charge in [0, 0.05) is 25.7 Å². The van der Waals surface area contributed by atoms with Gasteiger partial charge in [0.25, 0.3) is 0 Å². The van der Waals surface area contributed by atoms with E-state index in [2.05, 4.69) is 55.5 Å². The maximum atomic E-state index is 4.51. The van der Waals surface area contributed by atoms with E-state index in [4.69, 9.17) is 0 Å². The summed E-state index contributed by atoms with van der Waals surface area (Å²) in [7, 11) is 1.97. The molecule has 1 aromatic heterocycles. The lowest BCUT2D eigenvalue weighted by molar-refractivity contribution is 0.498. The van der Waals surface area contributed by atoms with Crippen LogP contribution in [0.1, 0.15) is 35.7 Å². The number of benzene rings is 1. The predicted octanol–water partition coefficient (Wildman–Crippen LogP) is 3.19. The van der Waals surface area contributed by atoms with Crippen LogP contribution in [0.4, 0.5) is 0 Å². The molecule has 0 bridgehead atoms. The second-order valence-electron chi connectivity index (χ2n) is 5.96. The molecule has 2 aromatic rings. The Morgan fingerprint density at radius 2 is 1.95 bits per heavy atom. The van der Waals surface area contributed by atoms with Crippen molar-refractivity contribution in [3.63, 3.8) is 0 Å². The number of hydrogen-bond acceptors (Lipinski definition) is 2. The van der Waals surface area contributed by atoms with Crippen molar-refractivity contribution < 1.29 is 0 Å². The summed E-state index contributed by atoms with van der Waals surface area (Å²) in [6.07, 6.45) is 5.21. The molecule has 2 rings (SSSR count). The van der Waals surface area contributed by atoms with Crippen molar-refractivity contribution in [2.75, 3.05) is 6.54 Å². The van der Waals surface area contributed by atoms with E-state index >= 15 is 0 Å². The van der Waals surface area contributed by atoms with Crippen LogP contribution in [0.15, 0.2) is 30.5 Å².